The van der Waals surface area contributed by atoms with Gasteiger partial charge in [-0.15, -0.1) is 0 Å². The molecule has 3 heteroatoms. The fourth-order valence-electron chi connectivity index (χ4n) is 2.89. The highest BCUT2D eigenvalue weighted by Gasteiger charge is 2.20. The van der Waals surface area contributed by atoms with E-state index >= 15 is 0 Å². The zero-order chi connectivity index (χ0) is 13.8. The number of rotatable bonds is 4. The number of aromatic hydroxyl groups is 1. The minimum Gasteiger partial charge on any atom is -0.508 e. The fourth-order valence-corrected chi connectivity index (χ4v) is 2.89. The second-order valence-corrected chi connectivity index (χ2v) is 5.89. The predicted octanol–water partition coefficient (Wildman–Crippen LogP) is 2.69. The van der Waals surface area contributed by atoms with Crippen molar-refractivity contribution in [3.05, 3.63) is 29.3 Å². The molecular formula is C16H26N2O. The van der Waals surface area contributed by atoms with Crippen molar-refractivity contribution in [2.24, 2.45) is 5.92 Å². The van der Waals surface area contributed by atoms with Gasteiger partial charge in [0.15, 0.2) is 0 Å². The van der Waals surface area contributed by atoms with E-state index in [2.05, 4.69) is 37.2 Å². The average Bonchev–Trinajstić information content (AvgIpc) is 2.42. The van der Waals surface area contributed by atoms with Gasteiger partial charge in [0.25, 0.3) is 0 Å². The number of aryl methyl sites for hydroxylation is 1. The summed E-state index contributed by atoms with van der Waals surface area (Å²) in [6.45, 7) is 7.61. The molecule has 0 aromatic heterocycles. The SMILES string of the molecule is Cc1ccc(O)c(C(C)N(C)CC2CCCNC2)c1. The molecule has 2 N–H and O–H groups in total. The Morgan fingerprint density at radius 1 is 1.47 bits per heavy atom. The third kappa shape index (κ3) is 3.71. The molecule has 19 heavy (non-hydrogen) atoms. The summed E-state index contributed by atoms with van der Waals surface area (Å²) in [6.07, 6.45) is 2.59. The molecular weight excluding hydrogens is 236 g/mol. The van der Waals surface area contributed by atoms with E-state index in [1.807, 2.05) is 6.07 Å². The van der Waals surface area contributed by atoms with Gasteiger partial charge in [-0.3, -0.25) is 4.90 Å². The summed E-state index contributed by atoms with van der Waals surface area (Å²) >= 11 is 0. The highest BCUT2D eigenvalue weighted by molar-refractivity contribution is 5.37. The van der Waals surface area contributed by atoms with Gasteiger partial charge < -0.3 is 10.4 Å². The lowest BCUT2D eigenvalue weighted by molar-refractivity contribution is 0.196. The van der Waals surface area contributed by atoms with Crippen molar-refractivity contribution in [3.8, 4) is 5.75 Å². The number of nitrogens with one attached hydrogen (secondary N) is 1. The first-order chi connectivity index (χ1) is 9.08. The maximum absolute atomic E-state index is 10.0. The smallest absolute Gasteiger partial charge is 0.120 e. The molecule has 1 aliphatic heterocycles. The summed E-state index contributed by atoms with van der Waals surface area (Å²) < 4.78 is 0. The van der Waals surface area contributed by atoms with Crippen LogP contribution in [-0.4, -0.2) is 36.7 Å². The maximum Gasteiger partial charge on any atom is 0.120 e. The molecule has 106 valence electrons. The maximum atomic E-state index is 10.0. The molecule has 1 aromatic rings. The zero-order valence-electron chi connectivity index (χ0n) is 12.3. The number of hydrogen-bond donors (Lipinski definition) is 2. The number of benzene rings is 1. The largest absolute Gasteiger partial charge is 0.508 e. The lowest BCUT2D eigenvalue weighted by Crippen LogP contribution is -2.37. The Hall–Kier alpha value is -1.06. The molecule has 0 bridgehead atoms. The molecule has 2 rings (SSSR count). The predicted molar refractivity (Wildman–Crippen MR) is 79.5 cm³/mol. The highest BCUT2D eigenvalue weighted by Crippen LogP contribution is 2.29. The Kier molecular flexibility index (Phi) is 4.83. The summed E-state index contributed by atoms with van der Waals surface area (Å²) in [5.74, 6) is 1.14. The van der Waals surface area contributed by atoms with Gasteiger partial charge in [0.2, 0.25) is 0 Å². The Labute approximate surface area is 116 Å². The van der Waals surface area contributed by atoms with Crippen LogP contribution >= 0.6 is 0 Å². The summed E-state index contributed by atoms with van der Waals surface area (Å²) in [4.78, 5) is 2.35. The summed E-state index contributed by atoms with van der Waals surface area (Å²) in [5.41, 5.74) is 2.23. The molecule has 1 heterocycles. The first kappa shape index (κ1) is 14.4. The van der Waals surface area contributed by atoms with Crippen LogP contribution in [0.3, 0.4) is 0 Å². The van der Waals surface area contributed by atoms with Crippen molar-refractivity contribution in [1.82, 2.24) is 10.2 Å². The van der Waals surface area contributed by atoms with E-state index in [4.69, 9.17) is 0 Å². The molecule has 0 spiro atoms. The van der Waals surface area contributed by atoms with Crippen LogP contribution in [0.5, 0.6) is 5.75 Å². The van der Waals surface area contributed by atoms with Crippen LogP contribution in [0.4, 0.5) is 0 Å². The summed E-state index contributed by atoms with van der Waals surface area (Å²) in [5, 5.41) is 13.5. The van der Waals surface area contributed by atoms with Gasteiger partial charge in [-0.1, -0.05) is 17.7 Å². The molecule has 1 saturated heterocycles. The van der Waals surface area contributed by atoms with Gasteiger partial charge in [0, 0.05) is 18.2 Å². The van der Waals surface area contributed by atoms with Crippen molar-refractivity contribution >= 4 is 0 Å². The van der Waals surface area contributed by atoms with Crippen LogP contribution in [0.2, 0.25) is 0 Å². The second-order valence-electron chi connectivity index (χ2n) is 5.89. The fraction of sp³-hybridized carbons (Fsp3) is 0.625. The van der Waals surface area contributed by atoms with E-state index in [1.165, 1.54) is 18.4 Å². The molecule has 1 fully saturated rings. The second kappa shape index (κ2) is 6.40. The number of phenols is 1. The van der Waals surface area contributed by atoms with Crippen molar-refractivity contribution in [2.75, 3.05) is 26.7 Å². The van der Waals surface area contributed by atoms with Crippen LogP contribution in [-0.2, 0) is 0 Å². The number of phenolic OH excluding ortho intramolecular Hbond substituents is 1. The third-order valence-corrected chi connectivity index (χ3v) is 4.24. The van der Waals surface area contributed by atoms with Crippen molar-refractivity contribution in [2.45, 2.75) is 32.7 Å². The zero-order valence-corrected chi connectivity index (χ0v) is 12.3. The van der Waals surface area contributed by atoms with Crippen molar-refractivity contribution in [3.63, 3.8) is 0 Å². The number of hydrogen-bond acceptors (Lipinski definition) is 3. The van der Waals surface area contributed by atoms with Gasteiger partial charge in [0.05, 0.1) is 0 Å². The van der Waals surface area contributed by atoms with E-state index < -0.39 is 0 Å². The molecule has 3 nitrogen and oxygen atoms in total. The third-order valence-electron chi connectivity index (χ3n) is 4.24. The monoisotopic (exact) mass is 262 g/mol. The Morgan fingerprint density at radius 3 is 2.95 bits per heavy atom. The lowest BCUT2D eigenvalue weighted by Gasteiger charge is -2.32. The van der Waals surface area contributed by atoms with E-state index in [0.717, 1.165) is 31.1 Å². The highest BCUT2D eigenvalue weighted by atomic mass is 16.3. The first-order valence-corrected chi connectivity index (χ1v) is 7.28. The van der Waals surface area contributed by atoms with E-state index in [1.54, 1.807) is 6.07 Å². The van der Waals surface area contributed by atoms with Crippen LogP contribution in [0.1, 0.15) is 36.9 Å². The van der Waals surface area contributed by atoms with Gasteiger partial charge in [-0.2, -0.15) is 0 Å². The van der Waals surface area contributed by atoms with E-state index in [-0.39, 0.29) is 6.04 Å². The van der Waals surface area contributed by atoms with Crippen LogP contribution in [0.25, 0.3) is 0 Å². The minimum absolute atomic E-state index is 0.252. The molecule has 0 amide bonds. The lowest BCUT2D eigenvalue weighted by atomic mass is 9.97. The Bertz CT molecular complexity index is 413. The Balaban J connectivity index is 2.01. The standard InChI is InChI=1S/C16H26N2O/c1-12-6-7-16(19)15(9-12)13(2)18(3)11-14-5-4-8-17-10-14/h6-7,9,13-14,17,19H,4-5,8,10-11H2,1-3H3. The molecule has 1 aliphatic rings. The van der Waals surface area contributed by atoms with Gasteiger partial charge in [0.1, 0.15) is 5.75 Å². The van der Waals surface area contributed by atoms with Crippen molar-refractivity contribution in [1.29, 1.82) is 0 Å². The first-order valence-electron chi connectivity index (χ1n) is 7.28. The molecule has 0 aliphatic carbocycles. The van der Waals surface area contributed by atoms with Gasteiger partial charge >= 0.3 is 0 Å². The van der Waals surface area contributed by atoms with E-state index in [9.17, 15) is 5.11 Å². The molecule has 1 aromatic carbocycles. The van der Waals surface area contributed by atoms with Gasteiger partial charge in [-0.05, 0) is 58.8 Å². The number of nitrogens with zero attached hydrogens (tertiary/aromatic N) is 1. The van der Waals surface area contributed by atoms with Crippen LogP contribution in [0, 0.1) is 12.8 Å². The van der Waals surface area contributed by atoms with E-state index in [0.29, 0.717) is 5.75 Å². The topological polar surface area (TPSA) is 35.5 Å². The normalized spacial score (nSPS) is 21.6. The van der Waals surface area contributed by atoms with Crippen LogP contribution < -0.4 is 5.32 Å². The van der Waals surface area contributed by atoms with Crippen LogP contribution in [0.15, 0.2) is 18.2 Å². The summed E-state index contributed by atoms with van der Waals surface area (Å²) in [6, 6.07) is 6.10. The number of piperidine rings is 1. The Morgan fingerprint density at radius 2 is 2.26 bits per heavy atom. The molecule has 2 atom stereocenters. The quantitative estimate of drug-likeness (QED) is 0.876. The average molecular weight is 262 g/mol. The molecule has 2 unspecified atom stereocenters. The molecule has 0 radical (unpaired) electrons. The van der Waals surface area contributed by atoms with Gasteiger partial charge in [-0.25, -0.2) is 0 Å². The minimum atomic E-state index is 0.252. The molecule has 0 saturated carbocycles. The van der Waals surface area contributed by atoms with Crippen molar-refractivity contribution < 1.29 is 5.11 Å². The summed E-state index contributed by atoms with van der Waals surface area (Å²) in [7, 11) is 2.15.